The quantitative estimate of drug-likeness (QED) is 0.662. The van der Waals surface area contributed by atoms with Gasteiger partial charge >= 0.3 is 6.09 Å². The van der Waals surface area contributed by atoms with Gasteiger partial charge in [0.2, 0.25) is 0 Å². The molecular weight excluding hydrogens is 402 g/mol. The third-order valence-corrected chi connectivity index (χ3v) is 5.78. The molecule has 0 radical (unpaired) electrons. The molecule has 2 aromatic heterocycles. The molecule has 0 bridgehead atoms. The fraction of sp³-hybridized carbons (Fsp3) is 0.409. The fourth-order valence-corrected chi connectivity index (χ4v) is 4.61. The number of piperidine rings is 1. The third kappa shape index (κ3) is 3.94. The Morgan fingerprint density at radius 1 is 1.30 bits per heavy atom. The van der Waals surface area contributed by atoms with Crippen LogP contribution in [0.4, 0.5) is 10.6 Å². The number of fused-ring (bicyclic) bond motifs is 1. The van der Waals surface area contributed by atoms with Gasteiger partial charge in [0.15, 0.2) is 0 Å². The van der Waals surface area contributed by atoms with E-state index in [1.54, 1.807) is 12.5 Å². The zero-order chi connectivity index (χ0) is 21.5. The highest BCUT2D eigenvalue weighted by atomic mass is 35.5. The molecule has 1 aliphatic rings. The van der Waals surface area contributed by atoms with Gasteiger partial charge in [-0.15, -0.1) is 0 Å². The van der Waals surface area contributed by atoms with Gasteiger partial charge in [-0.2, -0.15) is 0 Å². The summed E-state index contributed by atoms with van der Waals surface area (Å²) in [4.78, 5) is 22.9. The Morgan fingerprint density at radius 2 is 2.10 bits per heavy atom. The second kappa shape index (κ2) is 7.80. The van der Waals surface area contributed by atoms with Crippen molar-refractivity contribution in [1.82, 2.24) is 14.5 Å². The first-order chi connectivity index (χ1) is 14.2. The molecule has 0 aliphatic carbocycles. The number of primary amides is 1. The average molecular weight is 428 g/mol. The normalized spacial score (nSPS) is 19.8. The summed E-state index contributed by atoms with van der Waals surface area (Å²) in [5, 5.41) is 1.61. The number of anilines is 1. The van der Waals surface area contributed by atoms with E-state index in [1.807, 2.05) is 29.0 Å². The van der Waals surface area contributed by atoms with E-state index in [-0.39, 0.29) is 17.6 Å². The van der Waals surface area contributed by atoms with Crippen molar-refractivity contribution in [2.75, 3.05) is 11.4 Å². The average Bonchev–Trinajstić information content (AvgIpc) is 3.20. The summed E-state index contributed by atoms with van der Waals surface area (Å²) in [7, 11) is 0. The fourth-order valence-electron chi connectivity index (χ4n) is 4.45. The first-order valence-electron chi connectivity index (χ1n) is 10.1. The molecule has 8 heteroatoms. The number of hydrogen-bond acceptors (Lipinski definition) is 5. The Bertz CT molecular complexity index is 1060. The molecule has 0 spiro atoms. The van der Waals surface area contributed by atoms with Crippen molar-refractivity contribution in [2.24, 2.45) is 11.1 Å². The number of rotatable bonds is 3. The van der Waals surface area contributed by atoms with Crippen LogP contribution in [0.1, 0.15) is 33.6 Å². The van der Waals surface area contributed by atoms with Crippen LogP contribution in [0.2, 0.25) is 5.02 Å². The number of amides is 1. The third-order valence-electron chi connectivity index (χ3n) is 5.54. The van der Waals surface area contributed by atoms with Gasteiger partial charge in [-0.1, -0.05) is 32.4 Å². The number of carbonyl (C=O) groups is 1. The van der Waals surface area contributed by atoms with Gasteiger partial charge in [-0.05, 0) is 36.5 Å². The Morgan fingerprint density at radius 3 is 2.77 bits per heavy atom. The van der Waals surface area contributed by atoms with Crippen molar-refractivity contribution in [3.8, 4) is 5.69 Å². The maximum Gasteiger partial charge on any atom is 0.404 e. The summed E-state index contributed by atoms with van der Waals surface area (Å²) >= 11 is 6.27. The maximum absolute atomic E-state index is 11.5. The Labute approximate surface area is 180 Å². The second-order valence-electron chi connectivity index (χ2n) is 8.75. The number of halogens is 1. The molecule has 3 heterocycles. The predicted octanol–water partition coefficient (Wildman–Crippen LogP) is 4.55. The summed E-state index contributed by atoms with van der Waals surface area (Å²) in [5.41, 5.74) is 6.97. The van der Waals surface area contributed by atoms with E-state index in [0.29, 0.717) is 5.02 Å². The van der Waals surface area contributed by atoms with Crippen molar-refractivity contribution in [2.45, 2.75) is 45.8 Å². The number of imidazole rings is 1. The minimum absolute atomic E-state index is 0.0708. The van der Waals surface area contributed by atoms with Crippen molar-refractivity contribution in [1.29, 1.82) is 0 Å². The number of hydrogen-bond donors (Lipinski definition) is 1. The highest BCUT2D eigenvalue weighted by molar-refractivity contribution is 6.31. The Kier molecular flexibility index (Phi) is 5.32. The summed E-state index contributed by atoms with van der Waals surface area (Å²) in [6.07, 6.45) is 6.03. The van der Waals surface area contributed by atoms with Gasteiger partial charge in [0.25, 0.3) is 0 Å². The Hall–Kier alpha value is -2.80. The zero-order valence-corrected chi connectivity index (χ0v) is 18.1. The molecule has 4 rings (SSSR count). The summed E-state index contributed by atoms with van der Waals surface area (Å²) in [5.74, 6) is 0.811. The molecule has 2 atom stereocenters. The van der Waals surface area contributed by atoms with Crippen LogP contribution >= 0.6 is 11.6 Å². The molecule has 7 nitrogen and oxygen atoms in total. The maximum atomic E-state index is 11.5. The van der Waals surface area contributed by atoms with E-state index in [4.69, 9.17) is 27.1 Å². The van der Waals surface area contributed by atoms with Crippen molar-refractivity contribution >= 4 is 34.4 Å². The summed E-state index contributed by atoms with van der Waals surface area (Å²) < 4.78 is 7.49. The largest absolute Gasteiger partial charge is 0.444 e. The molecule has 158 valence electrons. The molecule has 1 saturated heterocycles. The van der Waals surface area contributed by atoms with Crippen LogP contribution in [0.5, 0.6) is 0 Å². The lowest BCUT2D eigenvalue weighted by molar-refractivity contribution is 0.0399. The molecule has 1 aromatic carbocycles. The van der Waals surface area contributed by atoms with Gasteiger partial charge in [-0.3, -0.25) is 0 Å². The first kappa shape index (κ1) is 20.5. The van der Waals surface area contributed by atoms with Crippen molar-refractivity contribution in [3.05, 3.63) is 48.0 Å². The number of benzene rings is 1. The highest BCUT2D eigenvalue weighted by Crippen LogP contribution is 2.38. The van der Waals surface area contributed by atoms with E-state index in [9.17, 15) is 4.79 Å². The van der Waals surface area contributed by atoms with Gasteiger partial charge in [0, 0.05) is 35.4 Å². The lowest BCUT2D eigenvalue weighted by atomic mass is 9.78. The number of carbonyl (C=O) groups excluding carboxylic acids is 1. The minimum Gasteiger partial charge on any atom is -0.444 e. The van der Waals surface area contributed by atoms with E-state index in [0.717, 1.165) is 41.8 Å². The van der Waals surface area contributed by atoms with Crippen molar-refractivity contribution < 1.29 is 9.53 Å². The van der Waals surface area contributed by atoms with E-state index in [1.165, 1.54) is 0 Å². The molecule has 2 N–H and O–H groups in total. The monoisotopic (exact) mass is 427 g/mol. The zero-order valence-electron chi connectivity index (χ0n) is 17.4. The molecule has 3 aromatic rings. The number of aromatic nitrogens is 3. The second-order valence-corrected chi connectivity index (χ2v) is 9.19. The number of nitrogens with zero attached hydrogens (tertiary/aromatic N) is 4. The van der Waals surface area contributed by atoms with Crippen LogP contribution < -0.4 is 10.6 Å². The molecule has 2 unspecified atom stereocenters. The number of nitrogens with two attached hydrogens (primary N) is 1. The standard InChI is InChI=1S/C22H26ClN5O2/c1-22(2,3)20-18(30-21(24)29)5-4-9-28(20)19-12-17(27-10-8-25-13-27)15-7-6-14(23)11-16(15)26-19/h6-8,10-13,18,20H,4-5,9H2,1-3H3,(H2,24,29). The van der Waals surface area contributed by atoms with Gasteiger partial charge in [-0.25, -0.2) is 14.8 Å². The van der Waals surface area contributed by atoms with E-state index >= 15 is 0 Å². The molecule has 1 aliphatic heterocycles. The predicted molar refractivity (Wildman–Crippen MR) is 118 cm³/mol. The summed E-state index contributed by atoms with van der Waals surface area (Å²) in [6, 6.07) is 7.69. The first-order valence-corrected chi connectivity index (χ1v) is 10.4. The van der Waals surface area contributed by atoms with Crippen LogP contribution in [-0.2, 0) is 4.74 Å². The molecule has 1 amide bonds. The summed E-state index contributed by atoms with van der Waals surface area (Å²) in [6.45, 7) is 7.23. The van der Waals surface area contributed by atoms with E-state index in [2.05, 4.69) is 36.7 Å². The lowest BCUT2D eigenvalue weighted by Crippen LogP contribution is -2.57. The van der Waals surface area contributed by atoms with Gasteiger partial charge < -0.3 is 19.9 Å². The topological polar surface area (TPSA) is 86.3 Å². The SMILES string of the molecule is CC(C)(C)C1C(OC(N)=O)CCCN1c1cc(-n2ccnc2)c2ccc(Cl)cc2n1. The van der Waals surface area contributed by atoms with Crippen LogP contribution in [0.3, 0.4) is 0 Å². The highest BCUT2D eigenvalue weighted by Gasteiger charge is 2.42. The van der Waals surface area contributed by atoms with Crippen LogP contribution in [0, 0.1) is 5.41 Å². The van der Waals surface area contributed by atoms with Gasteiger partial charge in [0.05, 0.1) is 23.6 Å². The lowest BCUT2D eigenvalue weighted by Gasteiger charge is -2.47. The Balaban J connectivity index is 1.87. The molecule has 30 heavy (non-hydrogen) atoms. The molecule has 1 fully saturated rings. The van der Waals surface area contributed by atoms with Gasteiger partial charge in [0.1, 0.15) is 11.9 Å². The van der Waals surface area contributed by atoms with Crippen LogP contribution in [0.25, 0.3) is 16.6 Å². The molecular formula is C22H26ClN5O2. The van der Waals surface area contributed by atoms with E-state index < -0.39 is 6.09 Å². The van der Waals surface area contributed by atoms with Crippen LogP contribution in [-0.4, -0.2) is 39.3 Å². The number of pyridine rings is 1. The number of ether oxygens (including phenoxy) is 1. The molecule has 0 saturated carbocycles. The van der Waals surface area contributed by atoms with Crippen LogP contribution in [0.15, 0.2) is 43.0 Å². The minimum atomic E-state index is -0.742. The smallest absolute Gasteiger partial charge is 0.404 e. The van der Waals surface area contributed by atoms with Crippen molar-refractivity contribution in [3.63, 3.8) is 0 Å².